The van der Waals surface area contributed by atoms with Gasteiger partial charge in [-0.3, -0.25) is 4.79 Å². The number of rotatable bonds is 3. The van der Waals surface area contributed by atoms with Crippen LogP contribution >= 0.6 is 0 Å². The quantitative estimate of drug-likeness (QED) is 0.619. The Morgan fingerprint density at radius 2 is 2.46 bits per heavy atom. The van der Waals surface area contributed by atoms with E-state index in [-0.39, 0.29) is 12.0 Å². The van der Waals surface area contributed by atoms with E-state index in [1.807, 2.05) is 6.92 Å². The van der Waals surface area contributed by atoms with Gasteiger partial charge in [0.1, 0.15) is 6.61 Å². The lowest BCUT2D eigenvalue weighted by Crippen LogP contribution is -2.12. The zero-order valence-electron chi connectivity index (χ0n) is 8.08. The molecule has 0 saturated heterocycles. The minimum atomic E-state index is -0.250. The van der Waals surface area contributed by atoms with Crippen LogP contribution in [0.2, 0.25) is 0 Å². The van der Waals surface area contributed by atoms with Gasteiger partial charge >= 0.3 is 5.97 Å². The maximum atomic E-state index is 10.5. The summed E-state index contributed by atoms with van der Waals surface area (Å²) in [6.07, 6.45) is 1.78. The lowest BCUT2D eigenvalue weighted by atomic mass is 10.2. The van der Waals surface area contributed by atoms with Gasteiger partial charge in [-0.25, -0.2) is 4.99 Å². The van der Waals surface area contributed by atoms with Crippen molar-refractivity contribution in [2.45, 2.75) is 32.7 Å². The SMILES string of the molecule is CCOC1=N[C@H](COC(C)=O)CC1. The molecule has 74 valence electrons. The molecule has 0 saturated carbocycles. The summed E-state index contributed by atoms with van der Waals surface area (Å²) < 4.78 is 10.1. The Kier molecular flexibility index (Phi) is 3.73. The standard InChI is InChI=1S/C9H15NO3/c1-3-12-9-5-4-8(10-9)6-13-7(2)11/h8H,3-6H2,1-2H3/t8-/m0/s1. The van der Waals surface area contributed by atoms with E-state index in [9.17, 15) is 4.79 Å². The minimum absolute atomic E-state index is 0.102. The number of esters is 1. The zero-order valence-corrected chi connectivity index (χ0v) is 8.08. The first kappa shape index (κ1) is 10.0. The molecule has 0 amide bonds. The van der Waals surface area contributed by atoms with Crippen molar-refractivity contribution in [2.24, 2.45) is 4.99 Å². The molecule has 0 aromatic carbocycles. The summed E-state index contributed by atoms with van der Waals surface area (Å²) in [5, 5.41) is 0. The van der Waals surface area contributed by atoms with Crippen molar-refractivity contribution in [1.29, 1.82) is 0 Å². The van der Waals surface area contributed by atoms with E-state index in [4.69, 9.17) is 9.47 Å². The molecule has 0 N–H and O–H groups in total. The second-order valence-corrected chi connectivity index (χ2v) is 2.95. The first-order valence-electron chi connectivity index (χ1n) is 4.55. The van der Waals surface area contributed by atoms with Gasteiger partial charge in [-0.1, -0.05) is 0 Å². The first-order chi connectivity index (χ1) is 6.22. The van der Waals surface area contributed by atoms with E-state index < -0.39 is 0 Å². The molecule has 0 unspecified atom stereocenters. The van der Waals surface area contributed by atoms with Gasteiger partial charge in [0, 0.05) is 13.3 Å². The summed E-state index contributed by atoms with van der Waals surface area (Å²) in [4.78, 5) is 14.8. The molecule has 1 rings (SSSR count). The van der Waals surface area contributed by atoms with Crippen molar-refractivity contribution in [2.75, 3.05) is 13.2 Å². The fraction of sp³-hybridized carbons (Fsp3) is 0.778. The molecule has 4 heteroatoms. The molecule has 0 fully saturated rings. The highest BCUT2D eigenvalue weighted by atomic mass is 16.5. The van der Waals surface area contributed by atoms with Crippen LogP contribution in [0.5, 0.6) is 0 Å². The van der Waals surface area contributed by atoms with E-state index in [0.29, 0.717) is 13.2 Å². The number of nitrogens with zero attached hydrogens (tertiary/aromatic N) is 1. The molecular weight excluding hydrogens is 170 g/mol. The molecular formula is C9H15NO3. The molecule has 4 nitrogen and oxygen atoms in total. The summed E-state index contributed by atoms with van der Waals surface area (Å²) in [7, 11) is 0. The van der Waals surface area contributed by atoms with Gasteiger partial charge in [-0.05, 0) is 13.3 Å². The average Bonchev–Trinajstić information content (AvgIpc) is 2.50. The smallest absolute Gasteiger partial charge is 0.302 e. The van der Waals surface area contributed by atoms with Gasteiger partial charge < -0.3 is 9.47 Å². The maximum Gasteiger partial charge on any atom is 0.302 e. The lowest BCUT2D eigenvalue weighted by Gasteiger charge is -2.04. The molecule has 1 heterocycles. The highest BCUT2D eigenvalue weighted by Crippen LogP contribution is 2.14. The van der Waals surface area contributed by atoms with Crippen molar-refractivity contribution >= 4 is 11.9 Å². The van der Waals surface area contributed by atoms with E-state index in [2.05, 4.69) is 4.99 Å². The fourth-order valence-electron chi connectivity index (χ4n) is 1.23. The number of ether oxygens (including phenoxy) is 2. The number of carbonyl (C=O) groups excluding carboxylic acids is 1. The maximum absolute atomic E-state index is 10.5. The number of aliphatic imine (C=N–C) groups is 1. The van der Waals surface area contributed by atoms with Gasteiger partial charge in [-0.2, -0.15) is 0 Å². The summed E-state index contributed by atoms with van der Waals surface area (Å²) >= 11 is 0. The molecule has 13 heavy (non-hydrogen) atoms. The average molecular weight is 185 g/mol. The molecule has 1 aliphatic heterocycles. The van der Waals surface area contributed by atoms with Crippen LogP contribution in [0.4, 0.5) is 0 Å². The van der Waals surface area contributed by atoms with Crippen molar-refractivity contribution in [1.82, 2.24) is 0 Å². The summed E-state index contributed by atoms with van der Waals surface area (Å²) in [6, 6.07) is 0.102. The van der Waals surface area contributed by atoms with Crippen LogP contribution < -0.4 is 0 Å². The largest absolute Gasteiger partial charge is 0.481 e. The second kappa shape index (κ2) is 4.84. The Balaban J connectivity index is 2.26. The topological polar surface area (TPSA) is 47.9 Å². The molecule has 0 aromatic heterocycles. The third-order valence-corrected chi connectivity index (χ3v) is 1.81. The van der Waals surface area contributed by atoms with Crippen molar-refractivity contribution < 1.29 is 14.3 Å². The third-order valence-electron chi connectivity index (χ3n) is 1.81. The summed E-state index contributed by atoms with van der Waals surface area (Å²) in [5.74, 6) is 0.541. The van der Waals surface area contributed by atoms with E-state index in [1.54, 1.807) is 0 Å². The van der Waals surface area contributed by atoms with Crippen molar-refractivity contribution in [3.8, 4) is 0 Å². The van der Waals surface area contributed by atoms with Gasteiger partial charge in [0.15, 0.2) is 5.90 Å². The molecule has 0 aromatic rings. The summed E-state index contributed by atoms with van der Waals surface area (Å²) in [5.41, 5.74) is 0. The highest BCUT2D eigenvalue weighted by Gasteiger charge is 2.18. The van der Waals surface area contributed by atoms with E-state index in [0.717, 1.165) is 18.7 Å². The summed E-state index contributed by atoms with van der Waals surface area (Å²) in [6.45, 7) is 4.37. The van der Waals surface area contributed by atoms with Crippen LogP contribution in [0.3, 0.4) is 0 Å². The van der Waals surface area contributed by atoms with Crippen LogP contribution in [-0.2, 0) is 14.3 Å². The van der Waals surface area contributed by atoms with Gasteiger partial charge in [0.2, 0.25) is 0 Å². The van der Waals surface area contributed by atoms with Gasteiger partial charge in [-0.15, -0.1) is 0 Å². The van der Waals surface area contributed by atoms with Gasteiger partial charge in [0.25, 0.3) is 0 Å². The lowest BCUT2D eigenvalue weighted by molar-refractivity contribution is -0.141. The molecule has 0 radical (unpaired) electrons. The first-order valence-corrected chi connectivity index (χ1v) is 4.55. The highest BCUT2D eigenvalue weighted by molar-refractivity contribution is 5.78. The Bertz CT molecular complexity index is 213. The third kappa shape index (κ3) is 3.44. The Labute approximate surface area is 77.9 Å². The van der Waals surface area contributed by atoms with Crippen LogP contribution in [-0.4, -0.2) is 31.1 Å². The number of carbonyl (C=O) groups is 1. The second-order valence-electron chi connectivity index (χ2n) is 2.95. The van der Waals surface area contributed by atoms with E-state index >= 15 is 0 Å². The van der Waals surface area contributed by atoms with Gasteiger partial charge in [0.05, 0.1) is 12.6 Å². The molecule has 0 aliphatic carbocycles. The fourth-order valence-corrected chi connectivity index (χ4v) is 1.23. The zero-order chi connectivity index (χ0) is 9.68. The van der Waals surface area contributed by atoms with Crippen LogP contribution in [0.15, 0.2) is 4.99 Å². The normalized spacial score (nSPS) is 21.1. The molecule has 1 aliphatic rings. The Morgan fingerprint density at radius 1 is 1.69 bits per heavy atom. The number of hydrogen-bond acceptors (Lipinski definition) is 4. The Morgan fingerprint density at radius 3 is 3.08 bits per heavy atom. The molecule has 0 bridgehead atoms. The predicted molar refractivity (Wildman–Crippen MR) is 48.7 cm³/mol. The molecule has 1 atom stereocenters. The molecule has 0 spiro atoms. The monoisotopic (exact) mass is 185 g/mol. The predicted octanol–water partition coefficient (Wildman–Crippen LogP) is 1.15. The number of hydrogen-bond donors (Lipinski definition) is 0. The Hall–Kier alpha value is -1.06. The van der Waals surface area contributed by atoms with Crippen molar-refractivity contribution in [3.63, 3.8) is 0 Å². The minimum Gasteiger partial charge on any atom is -0.481 e. The van der Waals surface area contributed by atoms with E-state index in [1.165, 1.54) is 6.92 Å². The van der Waals surface area contributed by atoms with Crippen LogP contribution in [0.25, 0.3) is 0 Å². The van der Waals surface area contributed by atoms with Crippen molar-refractivity contribution in [3.05, 3.63) is 0 Å². The van der Waals surface area contributed by atoms with Crippen LogP contribution in [0.1, 0.15) is 26.7 Å². The van der Waals surface area contributed by atoms with Crippen LogP contribution in [0, 0.1) is 0 Å².